The van der Waals surface area contributed by atoms with Gasteiger partial charge in [-0.25, -0.2) is 9.59 Å². The van der Waals surface area contributed by atoms with Gasteiger partial charge in [0, 0.05) is 7.05 Å². The Morgan fingerprint density at radius 3 is 2.00 bits per heavy atom. The Hall–Kier alpha value is -2.90. The number of likely N-dealkylation sites (N-methyl/N-ethyl adjacent to an activating group) is 1. The van der Waals surface area contributed by atoms with Crippen molar-refractivity contribution in [3.05, 3.63) is 35.4 Å². The number of hydrogen-bond acceptors (Lipinski definition) is 6. The molecule has 8 heteroatoms. The average molecular weight is 360 g/mol. The normalized spacial score (nSPS) is 17.6. The van der Waals surface area contributed by atoms with Gasteiger partial charge in [-0.2, -0.15) is 0 Å². The highest BCUT2D eigenvalue weighted by atomic mass is 16.7. The van der Waals surface area contributed by atoms with E-state index in [0.717, 1.165) is 0 Å². The lowest BCUT2D eigenvalue weighted by atomic mass is 10.1. The molecule has 0 aromatic heterocycles. The molecule has 0 atom stereocenters. The fraction of sp³-hybridized carbons (Fsp3) is 0.444. The third kappa shape index (κ3) is 2.91. The molecule has 1 aliphatic carbocycles. The molecule has 8 nitrogen and oxygen atoms in total. The zero-order chi connectivity index (χ0) is 19.3. The average Bonchev–Trinajstić information content (AvgIpc) is 3.34. The van der Waals surface area contributed by atoms with Crippen molar-refractivity contribution in [2.45, 2.75) is 44.8 Å². The van der Waals surface area contributed by atoms with E-state index < -0.39 is 35.0 Å². The molecule has 0 saturated heterocycles. The predicted octanol–water partition coefficient (Wildman–Crippen LogP) is 2.14. The second-order valence-corrected chi connectivity index (χ2v) is 7.40. The van der Waals surface area contributed by atoms with E-state index in [1.165, 1.54) is 24.1 Å². The van der Waals surface area contributed by atoms with E-state index >= 15 is 0 Å². The van der Waals surface area contributed by atoms with Gasteiger partial charge in [0.05, 0.1) is 11.1 Å². The Morgan fingerprint density at radius 1 is 1.08 bits per heavy atom. The van der Waals surface area contributed by atoms with Gasteiger partial charge < -0.3 is 9.57 Å². The molecule has 3 rings (SSSR count). The van der Waals surface area contributed by atoms with E-state index in [2.05, 4.69) is 0 Å². The number of imide groups is 1. The topological polar surface area (TPSA) is 93.2 Å². The van der Waals surface area contributed by atoms with Gasteiger partial charge in [-0.3, -0.25) is 14.5 Å². The highest BCUT2D eigenvalue weighted by molar-refractivity contribution is 6.21. The first kappa shape index (κ1) is 17.9. The summed E-state index contributed by atoms with van der Waals surface area (Å²) in [6.45, 7) is 5.15. The van der Waals surface area contributed by atoms with Crippen molar-refractivity contribution < 1.29 is 28.8 Å². The number of amides is 3. The van der Waals surface area contributed by atoms with E-state index in [1.54, 1.807) is 32.9 Å². The summed E-state index contributed by atoms with van der Waals surface area (Å²) in [6, 6.07) is 6.22. The number of carbonyl (C=O) groups excluding carboxylic acids is 4. The minimum atomic E-state index is -1.22. The second-order valence-electron chi connectivity index (χ2n) is 7.40. The van der Waals surface area contributed by atoms with Crippen molar-refractivity contribution in [3.63, 3.8) is 0 Å². The summed E-state index contributed by atoms with van der Waals surface area (Å²) >= 11 is 0. The van der Waals surface area contributed by atoms with Crippen molar-refractivity contribution in [2.75, 3.05) is 7.05 Å². The summed E-state index contributed by atoms with van der Waals surface area (Å²) in [4.78, 5) is 55.7. The number of hydrogen-bond donors (Lipinski definition) is 0. The number of carbonyl (C=O) groups is 4. The molecule has 1 heterocycles. The molecule has 2 aliphatic rings. The van der Waals surface area contributed by atoms with Crippen LogP contribution in [0.1, 0.15) is 54.3 Å². The molecular formula is C18H20N2O6. The summed E-state index contributed by atoms with van der Waals surface area (Å²) in [5, 5.41) is 0.454. The molecule has 138 valence electrons. The molecule has 0 N–H and O–H groups in total. The summed E-state index contributed by atoms with van der Waals surface area (Å²) in [5.74, 6) is -2.23. The van der Waals surface area contributed by atoms with Gasteiger partial charge in [0.15, 0.2) is 0 Å². The van der Waals surface area contributed by atoms with Gasteiger partial charge in [-0.15, -0.1) is 0 Å². The van der Waals surface area contributed by atoms with E-state index in [4.69, 9.17) is 9.57 Å². The Bertz CT molecular complexity index is 771. The van der Waals surface area contributed by atoms with E-state index in [1.807, 2.05) is 0 Å². The van der Waals surface area contributed by atoms with Crippen LogP contribution in [0.15, 0.2) is 24.3 Å². The van der Waals surface area contributed by atoms with Crippen LogP contribution in [-0.2, 0) is 14.4 Å². The zero-order valence-corrected chi connectivity index (χ0v) is 15.1. The maximum atomic E-state index is 12.6. The smallest absolute Gasteiger partial charge is 0.410 e. The fourth-order valence-electron chi connectivity index (χ4n) is 2.72. The first-order chi connectivity index (χ1) is 12.1. The lowest BCUT2D eigenvalue weighted by Gasteiger charge is -2.29. The molecule has 0 radical (unpaired) electrons. The van der Waals surface area contributed by atoms with Crippen LogP contribution in [0.5, 0.6) is 0 Å². The number of ether oxygens (including phenoxy) is 1. The van der Waals surface area contributed by atoms with E-state index in [9.17, 15) is 19.2 Å². The first-order valence-corrected chi connectivity index (χ1v) is 8.24. The van der Waals surface area contributed by atoms with E-state index in [0.29, 0.717) is 17.9 Å². The van der Waals surface area contributed by atoms with Gasteiger partial charge in [-0.1, -0.05) is 17.2 Å². The van der Waals surface area contributed by atoms with Gasteiger partial charge in [0.2, 0.25) is 0 Å². The summed E-state index contributed by atoms with van der Waals surface area (Å²) in [7, 11) is 1.44. The molecule has 1 aliphatic heterocycles. The minimum absolute atomic E-state index is 0.177. The standard InChI is InChI=1S/C18H20N2O6/c1-17(2,3)25-16(24)19(4)18(9-10-18)15(23)26-20-13(21)11-7-5-6-8-12(11)14(20)22/h5-8H,9-10H2,1-4H3. The second kappa shape index (κ2) is 5.82. The quantitative estimate of drug-likeness (QED) is 0.767. The maximum absolute atomic E-state index is 12.6. The van der Waals surface area contributed by atoms with Crippen LogP contribution in [0.4, 0.5) is 4.79 Å². The lowest BCUT2D eigenvalue weighted by Crippen LogP contribution is -2.49. The van der Waals surface area contributed by atoms with Crippen LogP contribution in [0.3, 0.4) is 0 Å². The number of rotatable bonds is 3. The molecule has 0 unspecified atom stereocenters. The van der Waals surface area contributed by atoms with Crippen molar-refractivity contribution in [1.29, 1.82) is 0 Å². The third-order valence-corrected chi connectivity index (χ3v) is 4.34. The molecule has 0 spiro atoms. The molecule has 0 bridgehead atoms. The zero-order valence-electron chi connectivity index (χ0n) is 15.1. The summed E-state index contributed by atoms with van der Waals surface area (Å²) < 4.78 is 5.27. The first-order valence-electron chi connectivity index (χ1n) is 8.24. The lowest BCUT2D eigenvalue weighted by molar-refractivity contribution is -0.176. The van der Waals surface area contributed by atoms with Gasteiger partial charge >= 0.3 is 12.1 Å². The molecule has 1 aromatic carbocycles. The van der Waals surface area contributed by atoms with Crippen molar-refractivity contribution in [2.24, 2.45) is 0 Å². The maximum Gasteiger partial charge on any atom is 0.410 e. The fourth-order valence-corrected chi connectivity index (χ4v) is 2.72. The van der Waals surface area contributed by atoms with Crippen LogP contribution in [0.2, 0.25) is 0 Å². The summed E-state index contributed by atoms with van der Waals surface area (Å²) in [5.41, 5.74) is -1.59. The Labute approximate surface area is 150 Å². The number of nitrogens with zero attached hydrogens (tertiary/aromatic N) is 2. The number of fused-ring (bicyclic) bond motifs is 1. The van der Waals surface area contributed by atoms with Gasteiger partial charge in [0.25, 0.3) is 11.8 Å². The van der Waals surface area contributed by atoms with Crippen LogP contribution in [0.25, 0.3) is 0 Å². The van der Waals surface area contributed by atoms with Crippen LogP contribution in [-0.4, -0.2) is 52.0 Å². The van der Waals surface area contributed by atoms with Gasteiger partial charge in [0.1, 0.15) is 11.1 Å². The van der Waals surface area contributed by atoms with Crippen molar-refractivity contribution in [3.8, 4) is 0 Å². The van der Waals surface area contributed by atoms with Gasteiger partial charge in [-0.05, 0) is 45.7 Å². The van der Waals surface area contributed by atoms with Crippen molar-refractivity contribution in [1.82, 2.24) is 9.96 Å². The van der Waals surface area contributed by atoms with Crippen LogP contribution >= 0.6 is 0 Å². The Morgan fingerprint density at radius 2 is 1.58 bits per heavy atom. The van der Waals surface area contributed by atoms with E-state index in [-0.39, 0.29) is 11.1 Å². The highest BCUT2D eigenvalue weighted by Gasteiger charge is 2.59. The highest BCUT2D eigenvalue weighted by Crippen LogP contribution is 2.43. The van der Waals surface area contributed by atoms with Crippen LogP contribution < -0.4 is 0 Å². The molecule has 1 aromatic rings. The molecule has 26 heavy (non-hydrogen) atoms. The summed E-state index contributed by atoms with van der Waals surface area (Å²) in [6.07, 6.45) is 0.0597. The third-order valence-electron chi connectivity index (χ3n) is 4.34. The largest absolute Gasteiger partial charge is 0.444 e. The number of benzene rings is 1. The SMILES string of the molecule is CN(C(=O)OC(C)(C)C)C1(C(=O)ON2C(=O)c3ccccc3C2=O)CC1. The minimum Gasteiger partial charge on any atom is -0.444 e. The predicted molar refractivity (Wildman–Crippen MR) is 89.0 cm³/mol. The molecule has 1 fully saturated rings. The number of hydroxylamine groups is 2. The molecule has 1 saturated carbocycles. The molecule has 3 amide bonds. The van der Waals surface area contributed by atoms with Crippen LogP contribution in [0, 0.1) is 0 Å². The molecular weight excluding hydrogens is 340 g/mol. The van der Waals surface area contributed by atoms with Crippen molar-refractivity contribution >= 4 is 23.9 Å². The monoisotopic (exact) mass is 360 g/mol. The Balaban J connectivity index is 1.74. The Kier molecular flexibility index (Phi) is 4.01.